The average molecular weight is 302 g/mol. The summed E-state index contributed by atoms with van der Waals surface area (Å²) < 4.78 is 41.5. The molecule has 0 spiro atoms. The number of carbonyl (C=O) groups is 1. The Bertz CT molecular complexity index is 733. The molecule has 0 N–H and O–H groups in total. The summed E-state index contributed by atoms with van der Waals surface area (Å²) in [6.45, 7) is 0. The Morgan fingerprint density at radius 1 is 1.37 bits per heavy atom. The van der Waals surface area contributed by atoms with Crippen molar-refractivity contribution in [3.63, 3.8) is 0 Å². The quantitative estimate of drug-likeness (QED) is 0.818. The van der Waals surface area contributed by atoms with Crippen molar-refractivity contribution in [1.29, 1.82) is 0 Å². The molecule has 0 radical (unpaired) electrons. The summed E-state index contributed by atoms with van der Waals surface area (Å²) in [5.74, 6) is -0.470. The Hall–Kier alpha value is -1.47. The molecule has 2 rings (SSSR count). The zero-order chi connectivity index (χ0) is 14.2. The summed E-state index contributed by atoms with van der Waals surface area (Å²) >= 11 is 1.21. The Morgan fingerprint density at radius 3 is 2.63 bits per heavy atom. The van der Waals surface area contributed by atoms with Gasteiger partial charge in [0.1, 0.15) is 4.88 Å². The third-order valence-corrected chi connectivity index (χ3v) is 4.69. The van der Waals surface area contributed by atoms with E-state index in [1.54, 1.807) is 12.1 Å². The van der Waals surface area contributed by atoms with E-state index < -0.39 is 21.3 Å². The van der Waals surface area contributed by atoms with Gasteiger partial charge in [-0.15, -0.1) is 11.3 Å². The number of ether oxygens (including phenoxy) is 1. The third kappa shape index (κ3) is 2.76. The number of carbonyl (C=O) groups excluding carboxylic acids is 1. The maximum Gasteiger partial charge on any atom is 0.348 e. The minimum atomic E-state index is -3.79. The van der Waals surface area contributed by atoms with Crippen LogP contribution in [-0.4, -0.2) is 27.8 Å². The lowest BCUT2D eigenvalue weighted by Gasteiger charge is -2.05. The van der Waals surface area contributed by atoms with Crippen molar-refractivity contribution in [2.24, 2.45) is 0 Å². The fraction of sp³-hybridized carbons (Fsp3) is 0.250. The van der Waals surface area contributed by atoms with Gasteiger partial charge < -0.3 is 4.74 Å². The molecular weight excluding hydrogens is 291 g/mol. The van der Waals surface area contributed by atoms with Crippen molar-refractivity contribution >= 4 is 37.2 Å². The summed E-state index contributed by atoms with van der Waals surface area (Å²) in [4.78, 5) is 11.8. The van der Waals surface area contributed by atoms with E-state index >= 15 is 0 Å². The van der Waals surface area contributed by atoms with Gasteiger partial charge in [-0.1, -0.05) is 6.07 Å². The highest BCUT2D eigenvalue weighted by Crippen LogP contribution is 2.31. The van der Waals surface area contributed by atoms with Crippen LogP contribution in [0.15, 0.2) is 24.3 Å². The molecule has 0 aliphatic heterocycles. The lowest BCUT2D eigenvalue weighted by Crippen LogP contribution is -2.05. The predicted molar refractivity (Wildman–Crippen MR) is 71.9 cm³/mol. The monoisotopic (exact) mass is 302 g/mol. The van der Waals surface area contributed by atoms with Crippen LogP contribution in [0.4, 0.5) is 4.39 Å². The highest BCUT2D eigenvalue weighted by Gasteiger charge is 2.22. The standard InChI is InChI=1S/C12H11FO4S2/c1-17-12(14)10-6-8-5-7(3-4-9(8)18-10)11(13)19(2,15)16/h3-6,11H,1-2H3. The van der Waals surface area contributed by atoms with Crippen LogP contribution < -0.4 is 0 Å². The number of rotatable bonds is 3. The van der Waals surface area contributed by atoms with Gasteiger partial charge in [0.2, 0.25) is 5.50 Å². The smallest absolute Gasteiger partial charge is 0.348 e. The van der Waals surface area contributed by atoms with Gasteiger partial charge in [0.05, 0.1) is 7.11 Å². The zero-order valence-electron chi connectivity index (χ0n) is 10.2. The van der Waals surface area contributed by atoms with Crippen LogP contribution in [0.5, 0.6) is 0 Å². The fourth-order valence-electron chi connectivity index (χ4n) is 1.65. The topological polar surface area (TPSA) is 60.4 Å². The summed E-state index contributed by atoms with van der Waals surface area (Å²) in [7, 11) is -2.52. The van der Waals surface area contributed by atoms with Crippen LogP contribution in [0.1, 0.15) is 20.7 Å². The van der Waals surface area contributed by atoms with E-state index in [0.717, 1.165) is 11.0 Å². The van der Waals surface area contributed by atoms with E-state index in [1.165, 1.54) is 30.6 Å². The molecule has 7 heteroatoms. The summed E-state index contributed by atoms with van der Waals surface area (Å²) in [6, 6.07) is 6.00. The second-order valence-corrected chi connectivity index (χ2v) is 7.20. The van der Waals surface area contributed by atoms with Gasteiger partial charge in [0.15, 0.2) is 9.84 Å². The van der Waals surface area contributed by atoms with Crippen LogP contribution in [0.25, 0.3) is 10.1 Å². The van der Waals surface area contributed by atoms with Crippen molar-refractivity contribution in [3.05, 3.63) is 34.7 Å². The maximum atomic E-state index is 13.7. The number of hydrogen-bond donors (Lipinski definition) is 0. The minimum Gasteiger partial charge on any atom is -0.465 e. The molecule has 102 valence electrons. The molecule has 0 amide bonds. The molecule has 1 atom stereocenters. The number of methoxy groups -OCH3 is 1. The van der Waals surface area contributed by atoms with Crippen LogP contribution in [0, 0.1) is 0 Å². The lowest BCUT2D eigenvalue weighted by atomic mass is 10.2. The van der Waals surface area contributed by atoms with Crippen molar-refractivity contribution < 1.29 is 22.3 Å². The number of esters is 1. The predicted octanol–water partition coefficient (Wildman–Crippen LogP) is 2.70. The van der Waals surface area contributed by atoms with E-state index in [4.69, 9.17) is 0 Å². The molecule has 1 heterocycles. The van der Waals surface area contributed by atoms with Crippen molar-refractivity contribution in [2.45, 2.75) is 5.50 Å². The van der Waals surface area contributed by atoms with Gasteiger partial charge in [-0.05, 0) is 23.6 Å². The van der Waals surface area contributed by atoms with E-state index in [-0.39, 0.29) is 5.56 Å². The van der Waals surface area contributed by atoms with E-state index in [1.807, 2.05) is 0 Å². The van der Waals surface area contributed by atoms with Crippen LogP contribution in [-0.2, 0) is 14.6 Å². The molecule has 0 aliphatic carbocycles. The first-order chi connectivity index (χ1) is 8.82. The molecular formula is C12H11FO4S2. The number of thiophene rings is 1. The van der Waals surface area contributed by atoms with Crippen LogP contribution in [0.3, 0.4) is 0 Å². The Morgan fingerprint density at radius 2 is 2.05 bits per heavy atom. The van der Waals surface area contributed by atoms with Crippen molar-refractivity contribution in [3.8, 4) is 0 Å². The number of hydrogen-bond acceptors (Lipinski definition) is 5. The molecule has 4 nitrogen and oxygen atoms in total. The van der Waals surface area contributed by atoms with Gasteiger partial charge in [0, 0.05) is 16.5 Å². The third-order valence-electron chi connectivity index (χ3n) is 2.56. The molecule has 1 unspecified atom stereocenters. The van der Waals surface area contributed by atoms with Gasteiger partial charge in [0.25, 0.3) is 0 Å². The highest BCUT2D eigenvalue weighted by molar-refractivity contribution is 7.90. The van der Waals surface area contributed by atoms with Gasteiger partial charge in [-0.25, -0.2) is 17.6 Å². The van der Waals surface area contributed by atoms with Crippen molar-refractivity contribution in [2.75, 3.05) is 13.4 Å². The number of sulfone groups is 1. The first-order valence-electron chi connectivity index (χ1n) is 5.27. The van der Waals surface area contributed by atoms with Gasteiger partial charge in [-0.2, -0.15) is 0 Å². The molecule has 1 aromatic carbocycles. The summed E-state index contributed by atoms with van der Waals surface area (Å²) in [5, 5.41) is 0.620. The Kier molecular flexibility index (Phi) is 3.60. The average Bonchev–Trinajstić information content (AvgIpc) is 2.78. The Labute approximate surface area is 113 Å². The lowest BCUT2D eigenvalue weighted by molar-refractivity contribution is 0.0606. The first-order valence-corrected chi connectivity index (χ1v) is 8.05. The normalized spacial score (nSPS) is 13.4. The fourth-order valence-corrected chi connectivity index (χ4v) is 3.25. The second kappa shape index (κ2) is 4.90. The maximum absolute atomic E-state index is 13.7. The molecule has 0 saturated heterocycles. The number of alkyl halides is 1. The SMILES string of the molecule is COC(=O)c1cc2cc(C(F)S(C)(=O)=O)ccc2s1. The summed E-state index contributed by atoms with van der Waals surface area (Å²) in [5.41, 5.74) is -2.00. The Balaban J connectivity index is 2.49. The first kappa shape index (κ1) is 14.0. The van der Waals surface area contributed by atoms with Crippen LogP contribution >= 0.6 is 11.3 Å². The molecule has 0 aliphatic rings. The largest absolute Gasteiger partial charge is 0.465 e. The number of fused-ring (bicyclic) bond motifs is 1. The van der Waals surface area contributed by atoms with Gasteiger partial charge >= 0.3 is 5.97 Å². The van der Waals surface area contributed by atoms with Gasteiger partial charge in [-0.3, -0.25) is 0 Å². The molecule has 0 saturated carbocycles. The van der Waals surface area contributed by atoms with Crippen LogP contribution in [0.2, 0.25) is 0 Å². The number of benzene rings is 1. The molecule has 0 bridgehead atoms. The molecule has 1 aromatic heterocycles. The van der Waals surface area contributed by atoms with E-state index in [9.17, 15) is 17.6 Å². The minimum absolute atomic E-state index is 0.0595. The molecule has 0 fully saturated rings. The van der Waals surface area contributed by atoms with E-state index in [2.05, 4.69) is 4.74 Å². The van der Waals surface area contributed by atoms with Crippen molar-refractivity contribution in [1.82, 2.24) is 0 Å². The zero-order valence-corrected chi connectivity index (χ0v) is 11.8. The molecule has 19 heavy (non-hydrogen) atoms. The number of halogens is 1. The molecule has 2 aromatic rings. The highest BCUT2D eigenvalue weighted by atomic mass is 32.2. The second-order valence-electron chi connectivity index (χ2n) is 4.05. The summed E-state index contributed by atoms with van der Waals surface area (Å²) in [6.07, 6.45) is 0.843. The van der Waals surface area contributed by atoms with E-state index in [0.29, 0.717) is 10.3 Å².